The lowest BCUT2D eigenvalue weighted by molar-refractivity contribution is -0.132. The molecular formula is C36H32N4O3. The molecule has 0 radical (unpaired) electrons. The number of nitrogens with one attached hydrogen (secondary N) is 3. The van der Waals surface area contributed by atoms with Gasteiger partial charge in [0, 0.05) is 41.5 Å². The fraction of sp³-hybridized carbons (Fsp3) is 0.194. The standard InChI is InChI=1S/C36H32N4O3/c1-22-15-17-24(18-16-22)21-37-34(41)30(19-23-9-3-2-4-10-23)39-35(42)31-20-28-25-11-7-8-14-29(25)38-32(28)33-26-12-5-6-13-27(26)36(43)40(31)33/h2-18,30-31,33,38H,19-21H2,1H3,(H,37,41)(H,39,42)/t30-,31-,33+/m0/s1. The first-order valence-electron chi connectivity index (χ1n) is 14.7. The van der Waals surface area contributed by atoms with Crippen LogP contribution in [0.3, 0.4) is 0 Å². The minimum Gasteiger partial charge on any atom is -0.356 e. The summed E-state index contributed by atoms with van der Waals surface area (Å²) in [7, 11) is 0. The third-order valence-electron chi connectivity index (χ3n) is 8.66. The average molecular weight is 569 g/mol. The molecule has 2 aliphatic rings. The number of aromatic amines is 1. The summed E-state index contributed by atoms with van der Waals surface area (Å²) in [6, 6.07) is 31.2. The molecule has 3 atom stereocenters. The lowest BCUT2D eigenvalue weighted by atomic mass is 9.89. The average Bonchev–Trinajstić information content (AvgIpc) is 3.55. The summed E-state index contributed by atoms with van der Waals surface area (Å²) < 4.78 is 0. The third-order valence-corrected chi connectivity index (χ3v) is 8.66. The molecule has 5 aromatic rings. The highest BCUT2D eigenvalue weighted by molar-refractivity contribution is 6.04. The summed E-state index contributed by atoms with van der Waals surface area (Å²) in [6.45, 7) is 2.37. The van der Waals surface area contributed by atoms with Crippen molar-refractivity contribution in [3.8, 4) is 0 Å². The highest BCUT2D eigenvalue weighted by Crippen LogP contribution is 2.46. The zero-order chi connectivity index (χ0) is 29.5. The molecule has 1 aromatic heterocycles. The molecule has 3 N–H and O–H groups in total. The van der Waals surface area contributed by atoms with E-state index in [4.69, 9.17) is 0 Å². The van der Waals surface area contributed by atoms with Crippen molar-refractivity contribution >= 4 is 28.6 Å². The topological polar surface area (TPSA) is 94.3 Å². The molecule has 0 saturated heterocycles. The Kier molecular flexibility index (Phi) is 6.78. The molecule has 0 bridgehead atoms. The van der Waals surface area contributed by atoms with Gasteiger partial charge in [-0.25, -0.2) is 0 Å². The van der Waals surface area contributed by atoms with E-state index in [0.717, 1.165) is 44.4 Å². The Balaban J connectivity index is 1.21. The zero-order valence-electron chi connectivity index (χ0n) is 23.8. The van der Waals surface area contributed by atoms with Gasteiger partial charge in [0.1, 0.15) is 12.1 Å². The molecule has 3 heterocycles. The van der Waals surface area contributed by atoms with Crippen molar-refractivity contribution in [2.75, 3.05) is 0 Å². The molecule has 7 heteroatoms. The molecule has 0 fully saturated rings. The SMILES string of the molecule is Cc1ccc(CNC(=O)[C@H](Cc2ccccc2)NC(=O)[C@@H]2Cc3c([nH]c4ccccc34)[C@H]3c4ccccc4C(=O)N32)cc1. The van der Waals surface area contributed by atoms with Gasteiger partial charge in [-0.3, -0.25) is 14.4 Å². The number of rotatable bonds is 7. The number of nitrogens with zero attached hydrogens (tertiary/aromatic N) is 1. The number of fused-ring (bicyclic) bond motifs is 7. The van der Waals surface area contributed by atoms with E-state index in [9.17, 15) is 14.4 Å². The van der Waals surface area contributed by atoms with Gasteiger partial charge in [0.25, 0.3) is 5.91 Å². The van der Waals surface area contributed by atoms with Crippen LogP contribution in [0.15, 0.2) is 103 Å². The summed E-state index contributed by atoms with van der Waals surface area (Å²) in [5.74, 6) is -0.782. The lowest BCUT2D eigenvalue weighted by Gasteiger charge is -2.37. The molecule has 43 heavy (non-hydrogen) atoms. The fourth-order valence-electron chi connectivity index (χ4n) is 6.48. The monoisotopic (exact) mass is 568 g/mol. The Hall–Kier alpha value is -5.17. The van der Waals surface area contributed by atoms with E-state index < -0.39 is 18.1 Å². The Morgan fingerprint density at radius 1 is 0.884 bits per heavy atom. The number of hydrogen-bond acceptors (Lipinski definition) is 3. The summed E-state index contributed by atoms with van der Waals surface area (Å²) in [6.07, 6.45) is 0.680. The summed E-state index contributed by atoms with van der Waals surface area (Å²) >= 11 is 0. The largest absolute Gasteiger partial charge is 0.356 e. The van der Waals surface area contributed by atoms with Crippen LogP contribution in [-0.2, 0) is 29.0 Å². The van der Waals surface area contributed by atoms with Crippen molar-refractivity contribution in [3.05, 3.63) is 142 Å². The van der Waals surface area contributed by atoms with E-state index in [2.05, 4.69) is 21.7 Å². The number of benzene rings is 4. The van der Waals surface area contributed by atoms with Crippen LogP contribution >= 0.6 is 0 Å². The van der Waals surface area contributed by atoms with Crippen molar-refractivity contribution < 1.29 is 14.4 Å². The predicted molar refractivity (Wildman–Crippen MR) is 165 cm³/mol. The van der Waals surface area contributed by atoms with Crippen molar-refractivity contribution in [1.82, 2.24) is 20.5 Å². The van der Waals surface area contributed by atoms with Gasteiger partial charge in [0.15, 0.2) is 0 Å². The van der Waals surface area contributed by atoms with E-state index >= 15 is 0 Å². The minimum absolute atomic E-state index is 0.173. The van der Waals surface area contributed by atoms with Crippen molar-refractivity contribution in [2.24, 2.45) is 0 Å². The number of para-hydroxylation sites is 1. The molecule has 4 aromatic carbocycles. The summed E-state index contributed by atoms with van der Waals surface area (Å²) in [5, 5.41) is 7.11. The summed E-state index contributed by atoms with van der Waals surface area (Å²) in [5.41, 5.74) is 7.50. The molecular weight excluding hydrogens is 536 g/mol. The second-order valence-electron chi connectivity index (χ2n) is 11.4. The Morgan fingerprint density at radius 3 is 2.42 bits per heavy atom. The normalized spacial score (nSPS) is 17.6. The molecule has 2 aliphatic heterocycles. The first-order valence-corrected chi connectivity index (χ1v) is 14.7. The maximum atomic E-state index is 14.2. The highest BCUT2D eigenvalue weighted by atomic mass is 16.2. The number of H-pyrrole nitrogens is 1. The van der Waals surface area contributed by atoms with Crippen molar-refractivity contribution in [3.63, 3.8) is 0 Å². The smallest absolute Gasteiger partial charge is 0.255 e. The van der Waals surface area contributed by atoms with Gasteiger partial charge in [-0.2, -0.15) is 0 Å². The van der Waals surface area contributed by atoms with Gasteiger partial charge in [-0.05, 0) is 41.3 Å². The number of hydrogen-bond donors (Lipinski definition) is 3. The fourth-order valence-corrected chi connectivity index (χ4v) is 6.48. The van der Waals surface area contributed by atoms with Crippen LogP contribution in [0, 0.1) is 6.92 Å². The van der Waals surface area contributed by atoms with Crippen molar-refractivity contribution in [2.45, 2.75) is 44.4 Å². The van der Waals surface area contributed by atoms with E-state index in [0.29, 0.717) is 24.9 Å². The number of aryl methyl sites for hydroxylation is 1. The molecule has 0 aliphatic carbocycles. The van der Waals surface area contributed by atoms with Crippen LogP contribution in [-0.4, -0.2) is 39.7 Å². The third kappa shape index (κ3) is 4.87. The minimum atomic E-state index is -0.816. The van der Waals surface area contributed by atoms with Crippen molar-refractivity contribution in [1.29, 1.82) is 0 Å². The second kappa shape index (κ2) is 10.9. The number of amides is 3. The van der Waals surface area contributed by atoms with Gasteiger partial charge < -0.3 is 20.5 Å². The van der Waals surface area contributed by atoms with E-state index in [1.165, 1.54) is 0 Å². The maximum Gasteiger partial charge on any atom is 0.255 e. The number of aromatic nitrogens is 1. The predicted octanol–water partition coefficient (Wildman–Crippen LogP) is 4.99. The van der Waals surface area contributed by atoms with Gasteiger partial charge in [0.2, 0.25) is 11.8 Å². The van der Waals surface area contributed by atoms with Gasteiger partial charge >= 0.3 is 0 Å². The molecule has 7 nitrogen and oxygen atoms in total. The van der Waals surface area contributed by atoms with Gasteiger partial charge in [-0.1, -0.05) is 96.6 Å². The Bertz CT molecular complexity index is 1840. The second-order valence-corrected chi connectivity index (χ2v) is 11.4. The van der Waals surface area contributed by atoms with E-state index in [1.807, 2.05) is 104 Å². The number of carbonyl (C=O) groups is 3. The quantitative estimate of drug-likeness (QED) is 0.258. The van der Waals surface area contributed by atoms with Crippen LogP contribution in [0.4, 0.5) is 0 Å². The van der Waals surface area contributed by atoms with Crippen LogP contribution in [0.1, 0.15) is 49.9 Å². The van der Waals surface area contributed by atoms with Crippen LogP contribution < -0.4 is 10.6 Å². The zero-order valence-corrected chi connectivity index (χ0v) is 23.8. The molecule has 214 valence electrons. The van der Waals surface area contributed by atoms with Crippen LogP contribution in [0.5, 0.6) is 0 Å². The highest BCUT2D eigenvalue weighted by Gasteiger charge is 2.49. The van der Waals surface area contributed by atoms with Crippen LogP contribution in [0.2, 0.25) is 0 Å². The Labute approximate surface area is 249 Å². The molecule has 0 saturated carbocycles. The summed E-state index contributed by atoms with van der Waals surface area (Å²) in [4.78, 5) is 46.9. The Morgan fingerprint density at radius 2 is 1.60 bits per heavy atom. The van der Waals surface area contributed by atoms with E-state index in [-0.39, 0.29) is 17.7 Å². The lowest BCUT2D eigenvalue weighted by Crippen LogP contribution is -2.57. The molecule has 0 unspecified atom stereocenters. The van der Waals surface area contributed by atoms with Gasteiger partial charge in [0.05, 0.1) is 6.04 Å². The van der Waals surface area contributed by atoms with Gasteiger partial charge in [-0.15, -0.1) is 0 Å². The van der Waals surface area contributed by atoms with Crippen LogP contribution in [0.25, 0.3) is 10.9 Å². The number of carbonyl (C=O) groups excluding carboxylic acids is 3. The molecule has 7 rings (SSSR count). The molecule has 0 spiro atoms. The first-order chi connectivity index (χ1) is 21.0. The van der Waals surface area contributed by atoms with E-state index in [1.54, 1.807) is 4.90 Å². The maximum absolute atomic E-state index is 14.2. The molecule has 3 amide bonds. The first kappa shape index (κ1) is 26.7.